The Morgan fingerprint density at radius 1 is 1.12 bits per heavy atom. The average Bonchev–Trinajstić information content (AvgIpc) is 2.86. The molecule has 2 aromatic carbocycles. The molecule has 3 aromatic rings. The number of rotatable bonds is 5. The van der Waals surface area contributed by atoms with E-state index >= 15 is 4.39 Å². The summed E-state index contributed by atoms with van der Waals surface area (Å²) in [7, 11) is 3.64. The maximum atomic E-state index is 15.4. The van der Waals surface area contributed by atoms with Crippen molar-refractivity contribution in [2.24, 2.45) is 0 Å². The number of hydrogen-bond donors (Lipinski definition) is 0. The Hall–Kier alpha value is -3.10. The van der Waals surface area contributed by atoms with Gasteiger partial charge in [-0.15, -0.1) is 11.8 Å². The number of thioether (sulfide) groups is 1. The van der Waals surface area contributed by atoms with Gasteiger partial charge in [0.25, 0.3) is 0 Å². The lowest BCUT2D eigenvalue weighted by Crippen LogP contribution is -2.45. The smallest absolute Gasteiger partial charge is 0.196 e. The van der Waals surface area contributed by atoms with Gasteiger partial charge in [0.2, 0.25) is 0 Å². The number of pyridine rings is 1. The summed E-state index contributed by atoms with van der Waals surface area (Å²) in [6, 6.07) is 8.18. The predicted octanol–water partition coefficient (Wildman–Crippen LogP) is 3.90. The summed E-state index contributed by atoms with van der Waals surface area (Å²) in [6.45, 7) is 3.98. The minimum Gasteiger partial charge on any atom is -0.497 e. The summed E-state index contributed by atoms with van der Waals surface area (Å²) in [5, 5.41) is 0.358. The second-order valence-corrected chi connectivity index (χ2v) is 9.71. The van der Waals surface area contributed by atoms with Crippen LogP contribution in [-0.2, 0) is 6.54 Å². The molecule has 0 aliphatic carbocycles. The summed E-state index contributed by atoms with van der Waals surface area (Å²) in [4.78, 5) is 31.1. The number of allylic oxidation sites excluding steroid dienone is 1. The molecule has 0 unspecified atom stereocenters. The van der Waals surface area contributed by atoms with E-state index in [1.54, 1.807) is 49.3 Å². The molecule has 5 rings (SSSR count). The number of piperazine rings is 1. The average molecular weight is 480 g/mol. The maximum Gasteiger partial charge on any atom is 0.196 e. The Morgan fingerprint density at radius 3 is 2.56 bits per heavy atom. The number of aromatic nitrogens is 1. The Labute approximate surface area is 201 Å². The summed E-state index contributed by atoms with van der Waals surface area (Å²) < 4.78 is 22.6. The van der Waals surface area contributed by atoms with Crippen molar-refractivity contribution < 1.29 is 13.9 Å². The highest BCUT2D eigenvalue weighted by atomic mass is 32.2. The van der Waals surface area contributed by atoms with E-state index in [1.807, 2.05) is 4.57 Å². The highest BCUT2D eigenvalue weighted by Crippen LogP contribution is 2.41. The van der Waals surface area contributed by atoms with Gasteiger partial charge in [0.1, 0.15) is 11.6 Å². The van der Waals surface area contributed by atoms with Crippen molar-refractivity contribution in [2.45, 2.75) is 11.4 Å². The Bertz CT molecular complexity index is 1340. The molecule has 0 atom stereocenters. The topological polar surface area (TPSA) is 54.8 Å². The molecule has 0 saturated carbocycles. The number of hydrogen-bond acceptors (Lipinski definition) is 6. The number of carbonyl (C=O) groups excluding carboxylic acids is 1. The van der Waals surface area contributed by atoms with Crippen LogP contribution in [0.2, 0.25) is 0 Å². The fraction of sp³-hybridized carbons (Fsp3) is 0.308. The van der Waals surface area contributed by atoms with E-state index in [-0.39, 0.29) is 17.0 Å². The van der Waals surface area contributed by atoms with E-state index in [4.69, 9.17) is 4.74 Å². The van der Waals surface area contributed by atoms with E-state index < -0.39 is 0 Å². The van der Waals surface area contributed by atoms with Gasteiger partial charge < -0.3 is 19.1 Å². The maximum absolute atomic E-state index is 15.4. The lowest BCUT2D eigenvalue weighted by atomic mass is 10.1. The van der Waals surface area contributed by atoms with Crippen LogP contribution in [0, 0.1) is 5.82 Å². The van der Waals surface area contributed by atoms with Gasteiger partial charge in [-0.05, 0) is 49.5 Å². The molecule has 2 aliphatic rings. The van der Waals surface area contributed by atoms with Crippen molar-refractivity contribution in [1.29, 1.82) is 0 Å². The summed E-state index contributed by atoms with van der Waals surface area (Å²) >= 11 is 1.61. The van der Waals surface area contributed by atoms with Crippen LogP contribution in [0.5, 0.6) is 5.75 Å². The lowest BCUT2D eigenvalue weighted by Gasteiger charge is -2.36. The molecule has 176 valence electrons. The minimum atomic E-state index is -0.361. The molecule has 3 heterocycles. The van der Waals surface area contributed by atoms with Gasteiger partial charge in [0.15, 0.2) is 11.2 Å². The number of anilines is 1. The molecule has 0 spiro atoms. The second-order valence-electron chi connectivity index (χ2n) is 8.60. The van der Waals surface area contributed by atoms with Crippen molar-refractivity contribution in [3.05, 3.63) is 69.8 Å². The van der Waals surface area contributed by atoms with E-state index in [0.717, 1.165) is 48.9 Å². The molecule has 2 aliphatic heterocycles. The van der Waals surface area contributed by atoms with Gasteiger partial charge in [-0.25, -0.2) is 4.39 Å². The largest absolute Gasteiger partial charge is 0.497 e. The summed E-state index contributed by atoms with van der Waals surface area (Å²) in [5.41, 5.74) is 2.00. The van der Waals surface area contributed by atoms with Crippen LogP contribution in [0.3, 0.4) is 0 Å². The second kappa shape index (κ2) is 9.27. The fourth-order valence-electron chi connectivity index (χ4n) is 4.53. The van der Waals surface area contributed by atoms with Crippen LogP contribution in [0.4, 0.5) is 10.1 Å². The normalized spacial score (nSPS) is 16.4. The highest BCUT2D eigenvalue weighted by Gasteiger charge is 2.27. The van der Waals surface area contributed by atoms with E-state index in [9.17, 15) is 9.59 Å². The van der Waals surface area contributed by atoms with Crippen LogP contribution in [0.25, 0.3) is 17.0 Å². The molecule has 1 saturated heterocycles. The van der Waals surface area contributed by atoms with Crippen molar-refractivity contribution in [3.8, 4) is 5.75 Å². The molecular formula is C26H26FN3O3S. The molecular weight excluding hydrogens is 453 g/mol. The number of ketones is 1. The molecule has 0 bridgehead atoms. The predicted molar refractivity (Wildman–Crippen MR) is 135 cm³/mol. The van der Waals surface area contributed by atoms with Gasteiger partial charge >= 0.3 is 0 Å². The molecule has 0 radical (unpaired) electrons. The van der Waals surface area contributed by atoms with Crippen molar-refractivity contribution >= 4 is 40.2 Å². The third-order valence-corrected chi connectivity index (χ3v) is 7.52. The minimum absolute atomic E-state index is 0.214. The third-order valence-electron chi connectivity index (χ3n) is 6.46. The van der Waals surface area contributed by atoms with Crippen LogP contribution < -0.4 is 15.1 Å². The first kappa shape index (κ1) is 22.7. The monoisotopic (exact) mass is 479 g/mol. The van der Waals surface area contributed by atoms with E-state index in [2.05, 4.69) is 16.8 Å². The Balaban J connectivity index is 1.54. The summed E-state index contributed by atoms with van der Waals surface area (Å²) in [5.74, 6) is 0.886. The third kappa shape index (κ3) is 4.12. The van der Waals surface area contributed by atoms with Crippen molar-refractivity contribution in [2.75, 3.05) is 51.0 Å². The zero-order valence-corrected chi connectivity index (χ0v) is 20.0. The highest BCUT2D eigenvalue weighted by molar-refractivity contribution is 7.99. The van der Waals surface area contributed by atoms with Gasteiger partial charge in [-0.3, -0.25) is 9.59 Å². The summed E-state index contributed by atoms with van der Waals surface area (Å²) in [6.07, 6.45) is 4.72. The van der Waals surface area contributed by atoms with E-state index in [0.29, 0.717) is 28.0 Å². The van der Waals surface area contributed by atoms with Crippen molar-refractivity contribution in [3.63, 3.8) is 0 Å². The van der Waals surface area contributed by atoms with Crippen LogP contribution >= 0.6 is 11.8 Å². The molecule has 1 aromatic heterocycles. The Kier molecular flexibility index (Phi) is 6.18. The molecule has 6 nitrogen and oxygen atoms in total. The molecule has 0 N–H and O–H groups in total. The zero-order valence-electron chi connectivity index (χ0n) is 19.2. The number of carbonyl (C=O) groups is 1. The van der Waals surface area contributed by atoms with Crippen LogP contribution in [0.1, 0.15) is 15.9 Å². The fourth-order valence-corrected chi connectivity index (χ4v) is 5.75. The zero-order chi connectivity index (χ0) is 23.8. The lowest BCUT2D eigenvalue weighted by molar-refractivity contribution is 0.104. The number of halogens is 1. The first-order valence-corrected chi connectivity index (χ1v) is 12.3. The number of aryl methyl sites for hydroxylation is 1. The van der Waals surface area contributed by atoms with Gasteiger partial charge in [0.05, 0.1) is 28.6 Å². The van der Waals surface area contributed by atoms with Crippen LogP contribution in [0.15, 0.2) is 52.3 Å². The molecule has 1 fully saturated rings. The van der Waals surface area contributed by atoms with Crippen molar-refractivity contribution in [1.82, 2.24) is 9.47 Å². The number of likely N-dealkylation sites (N-methyl/N-ethyl adjacent to an activating group) is 1. The number of benzene rings is 2. The van der Waals surface area contributed by atoms with Gasteiger partial charge in [-0.1, -0.05) is 0 Å². The number of ether oxygens (including phenoxy) is 1. The molecule has 34 heavy (non-hydrogen) atoms. The van der Waals surface area contributed by atoms with Gasteiger partial charge in [0, 0.05) is 55.8 Å². The SMILES string of the molecule is COc1ccc(C(=O)/C=C/c2cn3c4c(c(N5CCN(C)CC5)c(F)cc4c2=O)SCC3)cc1. The first-order chi connectivity index (χ1) is 16.5. The van der Waals surface area contributed by atoms with Gasteiger partial charge in [-0.2, -0.15) is 0 Å². The number of methoxy groups -OCH3 is 1. The standard InChI is InChI=1S/C26H26FN3O3S/c1-28-9-11-29(12-10-28)24-21(27)15-20-23-26(24)34-14-13-30(23)16-18(25(20)32)5-8-22(31)17-3-6-19(33-2)7-4-17/h3-8,15-16H,9-14H2,1-2H3/b8-5+. The van der Waals surface area contributed by atoms with Crippen LogP contribution in [-0.4, -0.2) is 61.3 Å². The Morgan fingerprint density at radius 2 is 1.85 bits per heavy atom. The number of nitrogens with zero attached hydrogens (tertiary/aromatic N) is 3. The quantitative estimate of drug-likeness (QED) is 0.409. The molecule has 8 heteroatoms. The van der Waals surface area contributed by atoms with E-state index in [1.165, 1.54) is 18.2 Å². The first-order valence-electron chi connectivity index (χ1n) is 11.3. The molecule has 0 amide bonds.